The van der Waals surface area contributed by atoms with Gasteiger partial charge in [-0.15, -0.1) is 6.42 Å². The summed E-state index contributed by atoms with van der Waals surface area (Å²) < 4.78 is 13.5. The number of halogens is 2. The van der Waals surface area contributed by atoms with Gasteiger partial charge in [-0.25, -0.2) is 4.39 Å². The summed E-state index contributed by atoms with van der Waals surface area (Å²) in [6.45, 7) is 0.479. The van der Waals surface area contributed by atoms with Crippen molar-refractivity contribution in [2.24, 2.45) is 0 Å². The summed E-state index contributed by atoms with van der Waals surface area (Å²) in [5.41, 5.74) is -1.36. The molecule has 0 aromatic heterocycles. The first-order chi connectivity index (χ1) is 9.38. The summed E-state index contributed by atoms with van der Waals surface area (Å²) in [5.74, 6) is -0.000747. The molecule has 0 bridgehead atoms. The van der Waals surface area contributed by atoms with Crippen LogP contribution < -0.4 is 0 Å². The first-order valence-corrected chi connectivity index (χ1v) is 6.42. The molecule has 1 saturated heterocycles. The van der Waals surface area contributed by atoms with Gasteiger partial charge in [-0.05, 0) is 12.1 Å². The van der Waals surface area contributed by atoms with Crippen molar-refractivity contribution in [1.82, 2.24) is 4.90 Å². The number of carbonyl (C=O) groups excluding carboxylic acids is 1. The molecule has 0 saturated carbocycles. The molecule has 0 spiro atoms. The topological polar surface area (TPSA) is 60.8 Å². The lowest BCUT2D eigenvalue weighted by atomic mass is 9.92. The summed E-state index contributed by atoms with van der Waals surface area (Å²) in [7, 11) is 0. The molecule has 1 aromatic rings. The highest BCUT2D eigenvalue weighted by atomic mass is 35.5. The highest BCUT2D eigenvalue weighted by Crippen LogP contribution is 2.30. The van der Waals surface area contributed by atoms with Crippen LogP contribution in [0, 0.1) is 18.2 Å². The van der Waals surface area contributed by atoms with Gasteiger partial charge in [0.2, 0.25) is 0 Å². The fourth-order valence-corrected chi connectivity index (χ4v) is 2.26. The largest absolute Gasteiger partial charge is 0.504 e. The summed E-state index contributed by atoms with van der Waals surface area (Å²) in [6.07, 6.45) is 5.71. The number of benzene rings is 1. The molecule has 20 heavy (non-hydrogen) atoms. The van der Waals surface area contributed by atoms with E-state index in [0.717, 1.165) is 0 Å². The molecule has 0 unspecified atom stereocenters. The molecular weight excluding hydrogens is 285 g/mol. The van der Waals surface area contributed by atoms with E-state index in [-0.39, 0.29) is 36.5 Å². The van der Waals surface area contributed by atoms with Crippen LogP contribution in [0.1, 0.15) is 23.2 Å². The third-order valence-electron chi connectivity index (χ3n) is 3.45. The van der Waals surface area contributed by atoms with E-state index in [0.29, 0.717) is 0 Å². The van der Waals surface area contributed by atoms with E-state index in [1.807, 2.05) is 0 Å². The van der Waals surface area contributed by atoms with E-state index < -0.39 is 23.1 Å². The van der Waals surface area contributed by atoms with Gasteiger partial charge in [0, 0.05) is 25.9 Å². The number of aromatic hydroxyl groups is 1. The number of hydrogen-bond acceptors (Lipinski definition) is 3. The highest BCUT2D eigenvalue weighted by Gasteiger charge is 2.33. The summed E-state index contributed by atoms with van der Waals surface area (Å²) in [6, 6.07) is 2.48. The zero-order chi connectivity index (χ0) is 14.9. The zero-order valence-corrected chi connectivity index (χ0v) is 11.3. The number of nitrogens with zero attached hydrogens (tertiary/aromatic N) is 1. The Kier molecular flexibility index (Phi) is 3.89. The van der Waals surface area contributed by atoms with Crippen LogP contribution in [0.2, 0.25) is 5.02 Å². The number of phenols is 1. The number of piperidine rings is 1. The van der Waals surface area contributed by atoms with Crippen molar-refractivity contribution >= 4 is 17.5 Å². The van der Waals surface area contributed by atoms with Crippen LogP contribution in [0.4, 0.5) is 4.39 Å². The molecule has 0 aliphatic carbocycles. The second-order valence-electron chi connectivity index (χ2n) is 4.73. The molecule has 106 valence electrons. The van der Waals surface area contributed by atoms with Crippen molar-refractivity contribution in [3.05, 3.63) is 28.5 Å². The predicted molar refractivity (Wildman–Crippen MR) is 72.0 cm³/mol. The van der Waals surface area contributed by atoms with Crippen molar-refractivity contribution in [1.29, 1.82) is 0 Å². The number of rotatable bonds is 1. The van der Waals surface area contributed by atoms with Crippen molar-refractivity contribution in [3.8, 4) is 18.1 Å². The van der Waals surface area contributed by atoms with Crippen LogP contribution in [-0.2, 0) is 0 Å². The van der Waals surface area contributed by atoms with E-state index in [1.165, 1.54) is 17.0 Å². The lowest BCUT2D eigenvalue weighted by Gasteiger charge is -2.35. The first-order valence-electron chi connectivity index (χ1n) is 6.04. The minimum Gasteiger partial charge on any atom is -0.504 e. The van der Waals surface area contributed by atoms with Crippen molar-refractivity contribution in [2.45, 2.75) is 18.4 Å². The van der Waals surface area contributed by atoms with Gasteiger partial charge in [-0.1, -0.05) is 17.5 Å². The smallest absolute Gasteiger partial charge is 0.257 e. The van der Waals surface area contributed by atoms with Gasteiger partial charge in [-0.3, -0.25) is 4.79 Å². The monoisotopic (exact) mass is 297 g/mol. The lowest BCUT2D eigenvalue weighted by molar-refractivity contribution is 0.0248. The van der Waals surface area contributed by atoms with E-state index in [1.54, 1.807) is 0 Å². The summed E-state index contributed by atoms with van der Waals surface area (Å²) in [5, 5.41) is 19.3. The standard InChI is InChI=1S/C14H13ClFNO3/c1-2-14(20)5-7-17(8-6-14)13(19)9-3-4-10(15)11(16)12(9)18/h1,3-4,18,20H,5-8H2. The molecule has 1 amide bonds. The van der Waals surface area contributed by atoms with Gasteiger partial charge in [0.25, 0.3) is 5.91 Å². The Morgan fingerprint density at radius 1 is 1.45 bits per heavy atom. The Hall–Kier alpha value is -1.77. The maximum Gasteiger partial charge on any atom is 0.257 e. The van der Waals surface area contributed by atoms with Gasteiger partial charge < -0.3 is 15.1 Å². The number of likely N-dealkylation sites (tertiary alicyclic amines) is 1. The van der Waals surface area contributed by atoms with Gasteiger partial charge >= 0.3 is 0 Å². The zero-order valence-electron chi connectivity index (χ0n) is 10.6. The van der Waals surface area contributed by atoms with E-state index in [9.17, 15) is 19.4 Å². The van der Waals surface area contributed by atoms with Crippen molar-refractivity contribution in [3.63, 3.8) is 0 Å². The molecule has 1 aliphatic rings. The first kappa shape index (κ1) is 14.6. The van der Waals surface area contributed by atoms with E-state index in [4.69, 9.17) is 18.0 Å². The fourth-order valence-electron chi connectivity index (χ4n) is 2.11. The van der Waals surface area contributed by atoms with Gasteiger partial charge in [0.15, 0.2) is 11.6 Å². The lowest BCUT2D eigenvalue weighted by Crippen LogP contribution is -2.46. The van der Waals surface area contributed by atoms with E-state index in [2.05, 4.69) is 5.92 Å². The van der Waals surface area contributed by atoms with Gasteiger partial charge in [0.1, 0.15) is 5.60 Å². The Bertz CT molecular complexity index is 589. The van der Waals surface area contributed by atoms with E-state index >= 15 is 0 Å². The quantitative estimate of drug-likeness (QED) is 0.777. The van der Waals surface area contributed by atoms with Crippen LogP contribution in [0.3, 0.4) is 0 Å². The molecular formula is C14H13ClFNO3. The molecule has 0 radical (unpaired) electrons. The van der Waals surface area contributed by atoms with Crippen molar-refractivity contribution < 1.29 is 19.4 Å². The minimum absolute atomic E-state index is 0.155. The molecule has 1 aromatic carbocycles. The number of carbonyl (C=O) groups is 1. The molecule has 4 nitrogen and oxygen atoms in total. The summed E-state index contributed by atoms with van der Waals surface area (Å²) in [4.78, 5) is 13.6. The highest BCUT2D eigenvalue weighted by molar-refractivity contribution is 6.31. The van der Waals surface area contributed by atoms with Gasteiger partial charge in [0.05, 0.1) is 10.6 Å². The van der Waals surface area contributed by atoms with Crippen LogP contribution in [0.5, 0.6) is 5.75 Å². The number of terminal acetylenes is 1. The number of aliphatic hydroxyl groups is 1. The maximum atomic E-state index is 13.5. The van der Waals surface area contributed by atoms with Crippen LogP contribution in [0.25, 0.3) is 0 Å². The Morgan fingerprint density at radius 2 is 2.05 bits per heavy atom. The molecule has 6 heteroatoms. The molecule has 2 rings (SSSR count). The third kappa shape index (κ3) is 2.58. The molecule has 1 aliphatic heterocycles. The normalized spacial score (nSPS) is 17.6. The average Bonchev–Trinajstić information content (AvgIpc) is 2.45. The molecule has 1 heterocycles. The Morgan fingerprint density at radius 3 is 2.60 bits per heavy atom. The Balaban J connectivity index is 2.18. The van der Waals surface area contributed by atoms with Crippen molar-refractivity contribution in [2.75, 3.05) is 13.1 Å². The SMILES string of the molecule is C#CC1(O)CCN(C(=O)c2ccc(Cl)c(F)c2O)CC1. The number of hydrogen-bond donors (Lipinski definition) is 2. The number of phenolic OH excluding ortho intramolecular Hbond substituents is 1. The second kappa shape index (κ2) is 5.31. The average molecular weight is 298 g/mol. The second-order valence-corrected chi connectivity index (χ2v) is 5.13. The van der Waals surface area contributed by atoms with Crippen LogP contribution >= 0.6 is 11.6 Å². The maximum absolute atomic E-state index is 13.5. The van der Waals surface area contributed by atoms with Crippen LogP contribution in [0.15, 0.2) is 12.1 Å². The number of amides is 1. The fraction of sp³-hybridized carbons (Fsp3) is 0.357. The molecule has 0 atom stereocenters. The predicted octanol–water partition coefficient (Wildman–Crippen LogP) is 1.79. The third-order valence-corrected chi connectivity index (χ3v) is 3.74. The van der Waals surface area contributed by atoms with Gasteiger partial charge in [-0.2, -0.15) is 0 Å². The molecule has 1 fully saturated rings. The minimum atomic E-state index is -1.20. The summed E-state index contributed by atoms with van der Waals surface area (Å²) >= 11 is 5.52. The van der Waals surface area contributed by atoms with Crippen LogP contribution in [-0.4, -0.2) is 39.7 Å². The Labute approximate surface area is 120 Å². The molecule has 2 N–H and O–H groups in total.